The fourth-order valence-corrected chi connectivity index (χ4v) is 3.17. The number of carbonyl (C=O) groups excluding carboxylic acids is 1. The van der Waals surface area contributed by atoms with E-state index in [0.717, 1.165) is 38.2 Å². The van der Waals surface area contributed by atoms with Crippen molar-refractivity contribution >= 4 is 17.5 Å². The van der Waals surface area contributed by atoms with Crippen molar-refractivity contribution in [2.24, 2.45) is 5.73 Å². The van der Waals surface area contributed by atoms with Crippen molar-refractivity contribution in [3.63, 3.8) is 0 Å². The zero-order chi connectivity index (χ0) is 16.3. The molecule has 0 aromatic carbocycles. The first-order chi connectivity index (χ1) is 10.6. The third-order valence-corrected chi connectivity index (χ3v) is 4.43. The standard InChI is InChI=1S/C13H20ClN5O.C2H6/c1-17-4-2-5-19-10(8-17)11(14)12(16-19)13(20)18-6-3-9(15)7-18;1-2/h9H,2-8,15H2,1H3;1-2H3. The minimum absolute atomic E-state index is 0.0734. The normalized spacial score (nSPS) is 21.9. The predicted octanol–water partition coefficient (Wildman–Crippen LogP) is 1.57. The minimum atomic E-state index is -0.0915. The van der Waals surface area contributed by atoms with Crippen LogP contribution in [0.1, 0.15) is 42.9 Å². The molecule has 2 N–H and O–H groups in total. The lowest BCUT2D eigenvalue weighted by molar-refractivity contribution is 0.0784. The summed E-state index contributed by atoms with van der Waals surface area (Å²) < 4.78 is 1.88. The summed E-state index contributed by atoms with van der Waals surface area (Å²) in [4.78, 5) is 16.4. The van der Waals surface area contributed by atoms with E-state index >= 15 is 0 Å². The van der Waals surface area contributed by atoms with Gasteiger partial charge in [0, 0.05) is 38.8 Å². The monoisotopic (exact) mass is 327 g/mol. The maximum atomic E-state index is 12.5. The number of rotatable bonds is 1. The SMILES string of the molecule is CC.CN1CCCn2nc(C(=O)N3CCC(N)C3)c(Cl)c2C1. The maximum absolute atomic E-state index is 12.5. The van der Waals surface area contributed by atoms with Crippen LogP contribution in [0.5, 0.6) is 0 Å². The second-order valence-electron chi connectivity index (χ2n) is 5.72. The van der Waals surface area contributed by atoms with Gasteiger partial charge in [-0.25, -0.2) is 0 Å². The number of nitrogens with two attached hydrogens (primary N) is 1. The fraction of sp³-hybridized carbons (Fsp3) is 0.733. The highest BCUT2D eigenvalue weighted by Crippen LogP contribution is 2.26. The fourth-order valence-electron chi connectivity index (χ4n) is 2.89. The first-order valence-corrected chi connectivity index (χ1v) is 8.42. The summed E-state index contributed by atoms with van der Waals surface area (Å²) >= 11 is 6.40. The number of fused-ring (bicyclic) bond motifs is 1. The van der Waals surface area contributed by atoms with Gasteiger partial charge in [0.1, 0.15) is 0 Å². The highest BCUT2D eigenvalue weighted by molar-refractivity contribution is 6.34. The number of amides is 1. The molecule has 2 aliphatic rings. The van der Waals surface area contributed by atoms with Crippen LogP contribution >= 0.6 is 11.6 Å². The molecule has 1 atom stereocenters. The van der Waals surface area contributed by atoms with Crippen molar-refractivity contribution in [1.29, 1.82) is 0 Å². The number of carbonyl (C=O) groups is 1. The molecule has 0 spiro atoms. The van der Waals surface area contributed by atoms with Crippen molar-refractivity contribution in [2.75, 3.05) is 26.7 Å². The number of aryl methyl sites for hydroxylation is 1. The summed E-state index contributed by atoms with van der Waals surface area (Å²) in [5, 5.41) is 4.94. The highest BCUT2D eigenvalue weighted by atomic mass is 35.5. The third-order valence-electron chi connectivity index (χ3n) is 4.04. The van der Waals surface area contributed by atoms with E-state index in [2.05, 4.69) is 17.0 Å². The molecular weight excluding hydrogens is 302 g/mol. The van der Waals surface area contributed by atoms with Gasteiger partial charge in [0.15, 0.2) is 5.69 Å². The van der Waals surface area contributed by atoms with Gasteiger partial charge in [-0.1, -0.05) is 25.4 Å². The zero-order valence-electron chi connectivity index (χ0n) is 13.7. The molecule has 1 fully saturated rings. The molecule has 3 rings (SSSR count). The molecule has 1 aromatic heterocycles. The Balaban J connectivity index is 0.000000847. The van der Waals surface area contributed by atoms with Crippen LogP contribution in [0.15, 0.2) is 0 Å². The number of nitrogens with zero attached hydrogens (tertiary/aromatic N) is 4. The Kier molecular flexibility index (Phi) is 5.83. The van der Waals surface area contributed by atoms with Gasteiger partial charge in [0.05, 0.1) is 10.7 Å². The lowest BCUT2D eigenvalue weighted by atomic mass is 10.3. The van der Waals surface area contributed by atoms with Crippen molar-refractivity contribution < 1.29 is 4.79 Å². The summed E-state index contributed by atoms with van der Waals surface area (Å²) in [6.07, 6.45) is 1.86. The quantitative estimate of drug-likeness (QED) is 0.850. The first kappa shape index (κ1) is 17.2. The molecule has 1 saturated heterocycles. The van der Waals surface area contributed by atoms with Gasteiger partial charge < -0.3 is 15.5 Å². The van der Waals surface area contributed by atoms with Crippen LogP contribution in [0.2, 0.25) is 5.02 Å². The number of hydrogen-bond acceptors (Lipinski definition) is 4. The van der Waals surface area contributed by atoms with Crippen molar-refractivity contribution in [2.45, 2.75) is 45.8 Å². The smallest absolute Gasteiger partial charge is 0.275 e. The summed E-state index contributed by atoms with van der Waals surface area (Å²) in [6, 6.07) is 0.0734. The Hall–Kier alpha value is -1.11. The Morgan fingerprint density at radius 1 is 1.32 bits per heavy atom. The average Bonchev–Trinajstić information content (AvgIpc) is 3.01. The first-order valence-electron chi connectivity index (χ1n) is 8.05. The van der Waals surface area contributed by atoms with Crippen LogP contribution in [0, 0.1) is 0 Å². The van der Waals surface area contributed by atoms with E-state index in [1.54, 1.807) is 4.90 Å². The van der Waals surface area contributed by atoms with E-state index in [0.29, 0.717) is 23.8 Å². The van der Waals surface area contributed by atoms with Crippen molar-refractivity contribution in [3.8, 4) is 0 Å². The molecule has 0 saturated carbocycles. The summed E-state index contributed by atoms with van der Waals surface area (Å²) in [7, 11) is 2.06. The molecular formula is C15H26ClN5O. The lowest BCUT2D eigenvalue weighted by Crippen LogP contribution is -2.32. The van der Waals surface area contributed by atoms with E-state index in [-0.39, 0.29) is 11.9 Å². The summed E-state index contributed by atoms with van der Waals surface area (Å²) in [6.45, 7) is 7.85. The van der Waals surface area contributed by atoms with Gasteiger partial charge in [-0.15, -0.1) is 0 Å². The largest absolute Gasteiger partial charge is 0.336 e. The lowest BCUT2D eigenvalue weighted by Gasteiger charge is -2.14. The van der Waals surface area contributed by atoms with Gasteiger partial charge >= 0.3 is 0 Å². The molecule has 1 aromatic rings. The molecule has 0 aliphatic carbocycles. The molecule has 22 heavy (non-hydrogen) atoms. The minimum Gasteiger partial charge on any atom is -0.336 e. The molecule has 1 unspecified atom stereocenters. The van der Waals surface area contributed by atoms with Crippen molar-refractivity contribution in [3.05, 3.63) is 16.4 Å². The summed E-state index contributed by atoms with van der Waals surface area (Å²) in [5.41, 5.74) is 7.18. The van der Waals surface area contributed by atoms with Crippen LogP contribution in [0.25, 0.3) is 0 Å². The second kappa shape index (κ2) is 7.44. The zero-order valence-corrected chi connectivity index (χ0v) is 14.4. The Morgan fingerprint density at radius 2 is 2.05 bits per heavy atom. The molecule has 2 aliphatic heterocycles. The molecule has 7 heteroatoms. The topological polar surface area (TPSA) is 67.4 Å². The molecule has 3 heterocycles. The average molecular weight is 328 g/mol. The highest BCUT2D eigenvalue weighted by Gasteiger charge is 2.30. The van der Waals surface area contributed by atoms with Crippen LogP contribution in [0.4, 0.5) is 0 Å². The van der Waals surface area contributed by atoms with E-state index in [9.17, 15) is 4.79 Å². The van der Waals surface area contributed by atoms with Gasteiger partial charge in [0.2, 0.25) is 0 Å². The van der Waals surface area contributed by atoms with E-state index < -0.39 is 0 Å². The Bertz CT molecular complexity index is 530. The van der Waals surface area contributed by atoms with Crippen LogP contribution in [-0.2, 0) is 13.1 Å². The number of halogens is 1. The summed E-state index contributed by atoms with van der Waals surface area (Å²) in [5.74, 6) is -0.0915. The predicted molar refractivity (Wildman–Crippen MR) is 88.0 cm³/mol. The van der Waals surface area contributed by atoms with Crippen LogP contribution in [0.3, 0.4) is 0 Å². The number of aromatic nitrogens is 2. The third kappa shape index (κ3) is 3.45. The maximum Gasteiger partial charge on any atom is 0.275 e. The van der Waals surface area contributed by atoms with Crippen LogP contribution < -0.4 is 5.73 Å². The van der Waals surface area contributed by atoms with Gasteiger partial charge in [-0.2, -0.15) is 5.10 Å². The van der Waals surface area contributed by atoms with Gasteiger partial charge in [0.25, 0.3) is 5.91 Å². The van der Waals surface area contributed by atoms with Crippen molar-refractivity contribution in [1.82, 2.24) is 19.6 Å². The second-order valence-corrected chi connectivity index (χ2v) is 6.10. The van der Waals surface area contributed by atoms with E-state index in [1.165, 1.54) is 0 Å². The Labute approximate surface area is 137 Å². The Morgan fingerprint density at radius 3 is 2.68 bits per heavy atom. The number of likely N-dealkylation sites (tertiary alicyclic amines) is 1. The molecule has 1 amide bonds. The molecule has 124 valence electrons. The molecule has 0 bridgehead atoms. The number of hydrogen-bond donors (Lipinski definition) is 1. The van der Waals surface area contributed by atoms with E-state index in [1.807, 2.05) is 18.5 Å². The molecule has 6 nitrogen and oxygen atoms in total. The van der Waals surface area contributed by atoms with Crippen LogP contribution in [-0.4, -0.2) is 58.2 Å². The van der Waals surface area contributed by atoms with Gasteiger partial charge in [-0.05, 0) is 19.9 Å². The van der Waals surface area contributed by atoms with Gasteiger partial charge in [-0.3, -0.25) is 9.48 Å². The molecule has 0 radical (unpaired) electrons. The van der Waals surface area contributed by atoms with E-state index in [4.69, 9.17) is 17.3 Å².